The molecule has 4 aromatic rings. The molecule has 0 saturated carbocycles. The van der Waals surface area contributed by atoms with Crippen molar-refractivity contribution in [2.75, 3.05) is 0 Å². The predicted molar refractivity (Wildman–Crippen MR) is 105 cm³/mol. The van der Waals surface area contributed by atoms with Crippen LogP contribution in [0.5, 0.6) is 0 Å². The Kier molecular flexibility index (Phi) is 4.34. The molecule has 2 aromatic carbocycles. The number of hydrogen-bond donors (Lipinski definition) is 0. The lowest BCUT2D eigenvalue weighted by molar-refractivity contribution is 0.0968. The standard InChI is InChI=1S/C22H17N3O2/c1-15-7-8-17-20(11-15)25(14-21(26)19-12-23-9-10-24-19)13-18(22(17)27)16-5-3-2-4-6-16/h2-13H,14H2,1H3. The lowest BCUT2D eigenvalue weighted by atomic mass is 10.0. The number of carbonyl (C=O) groups is 1. The number of fused-ring (bicyclic) bond motifs is 1. The zero-order valence-electron chi connectivity index (χ0n) is 14.8. The molecule has 0 aliphatic rings. The zero-order chi connectivity index (χ0) is 18.8. The van der Waals surface area contributed by atoms with Crippen LogP contribution >= 0.6 is 0 Å². The van der Waals surface area contributed by atoms with Gasteiger partial charge in [-0.2, -0.15) is 0 Å². The fourth-order valence-corrected chi connectivity index (χ4v) is 3.13. The molecule has 2 heterocycles. The predicted octanol–water partition coefficient (Wildman–Crippen LogP) is 3.65. The minimum absolute atomic E-state index is 0.0422. The topological polar surface area (TPSA) is 64.8 Å². The van der Waals surface area contributed by atoms with E-state index in [-0.39, 0.29) is 17.8 Å². The zero-order valence-corrected chi connectivity index (χ0v) is 14.8. The van der Waals surface area contributed by atoms with Crippen LogP contribution < -0.4 is 5.43 Å². The van der Waals surface area contributed by atoms with Gasteiger partial charge in [-0.25, -0.2) is 4.98 Å². The van der Waals surface area contributed by atoms with Gasteiger partial charge in [0.15, 0.2) is 5.43 Å². The van der Waals surface area contributed by atoms with Gasteiger partial charge in [0.1, 0.15) is 5.69 Å². The van der Waals surface area contributed by atoms with E-state index < -0.39 is 0 Å². The van der Waals surface area contributed by atoms with E-state index in [1.807, 2.05) is 60.0 Å². The highest BCUT2D eigenvalue weighted by Crippen LogP contribution is 2.21. The Labute approximate surface area is 156 Å². The fraction of sp³-hybridized carbons (Fsp3) is 0.0909. The molecule has 5 heteroatoms. The second-order valence-corrected chi connectivity index (χ2v) is 6.40. The van der Waals surface area contributed by atoms with Crippen molar-refractivity contribution < 1.29 is 4.79 Å². The normalized spacial score (nSPS) is 10.9. The molecule has 0 amide bonds. The van der Waals surface area contributed by atoms with E-state index in [9.17, 15) is 9.59 Å². The van der Waals surface area contributed by atoms with Crippen molar-refractivity contribution in [3.63, 3.8) is 0 Å². The van der Waals surface area contributed by atoms with Crippen molar-refractivity contribution in [3.05, 3.63) is 94.8 Å². The molecule has 27 heavy (non-hydrogen) atoms. The Morgan fingerprint density at radius 3 is 2.63 bits per heavy atom. The summed E-state index contributed by atoms with van der Waals surface area (Å²) in [5, 5.41) is 0.592. The van der Waals surface area contributed by atoms with Crippen LogP contribution in [0, 0.1) is 6.92 Å². The summed E-state index contributed by atoms with van der Waals surface area (Å²) in [5.41, 5.74) is 3.41. The molecule has 0 N–H and O–H groups in total. The Bertz CT molecular complexity index is 1180. The van der Waals surface area contributed by atoms with Gasteiger partial charge in [0, 0.05) is 29.5 Å². The van der Waals surface area contributed by atoms with Crippen molar-refractivity contribution in [1.82, 2.24) is 14.5 Å². The molecule has 0 fully saturated rings. The summed E-state index contributed by atoms with van der Waals surface area (Å²) in [6.07, 6.45) is 6.24. The Morgan fingerprint density at radius 1 is 1.07 bits per heavy atom. The lowest BCUT2D eigenvalue weighted by Crippen LogP contribution is -2.17. The van der Waals surface area contributed by atoms with Gasteiger partial charge in [-0.1, -0.05) is 36.4 Å². The summed E-state index contributed by atoms with van der Waals surface area (Å²) in [5.74, 6) is -0.159. The van der Waals surface area contributed by atoms with E-state index >= 15 is 0 Å². The quantitative estimate of drug-likeness (QED) is 0.524. The molecular formula is C22H17N3O2. The SMILES string of the molecule is Cc1ccc2c(=O)c(-c3ccccc3)cn(CC(=O)c3cnccn3)c2c1. The molecule has 0 unspecified atom stereocenters. The fourth-order valence-electron chi connectivity index (χ4n) is 3.13. The number of carbonyl (C=O) groups excluding carboxylic acids is 1. The van der Waals surface area contributed by atoms with Gasteiger partial charge in [-0.05, 0) is 30.2 Å². The average molecular weight is 355 g/mol. The van der Waals surface area contributed by atoms with E-state index in [0.29, 0.717) is 16.6 Å². The molecule has 0 saturated heterocycles. The molecule has 0 bridgehead atoms. The van der Waals surface area contributed by atoms with Crippen LogP contribution in [0.15, 0.2) is 78.1 Å². The van der Waals surface area contributed by atoms with Gasteiger partial charge in [-0.3, -0.25) is 14.6 Å². The van der Waals surface area contributed by atoms with E-state index in [1.54, 1.807) is 6.20 Å². The molecule has 4 rings (SSSR count). The Hall–Kier alpha value is -3.60. The van der Waals surface area contributed by atoms with Crippen LogP contribution in [0.25, 0.3) is 22.0 Å². The first kappa shape index (κ1) is 16.8. The van der Waals surface area contributed by atoms with Crippen molar-refractivity contribution in [2.24, 2.45) is 0 Å². The molecule has 0 radical (unpaired) electrons. The summed E-state index contributed by atoms with van der Waals surface area (Å²) >= 11 is 0. The second-order valence-electron chi connectivity index (χ2n) is 6.40. The third kappa shape index (κ3) is 3.27. The summed E-state index contributed by atoms with van der Waals surface area (Å²) < 4.78 is 1.82. The lowest BCUT2D eigenvalue weighted by Gasteiger charge is -2.13. The van der Waals surface area contributed by atoms with E-state index in [1.165, 1.54) is 18.6 Å². The first-order chi connectivity index (χ1) is 13.1. The number of ketones is 1. The molecule has 0 atom stereocenters. The van der Waals surface area contributed by atoms with E-state index in [4.69, 9.17) is 0 Å². The number of aryl methyl sites for hydroxylation is 1. The molecule has 2 aromatic heterocycles. The third-order valence-corrected chi connectivity index (χ3v) is 4.48. The smallest absolute Gasteiger partial charge is 0.202 e. The van der Waals surface area contributed by atoms with E-state index in [0.717, 1.165) is 16.6 Å². The monoisotopic (exact) mass is 355 g/mol. The number of Topliss-reactive ketones (excluding diaryl/α,β-unsaturated/α-hetero) is 1. The van der Waals surface area contributed by atoms with Gasteiger partial charge in [0.25, 0.3) is 0 Å². The number of hydrogen-bond acceptors (Lipinski definition) is 4. The highest BCUT2D eigenvalue weighted by atomic mass is 16.1. The number of rotatable bonds is 4. The Morgan fingerprint density at radius 2 is 1.89 bits per heavy atom. The molecule has 0 spiro atoms. The van der Waals surface area contributed by atoms with Crippen LogP contribution in [0.1, 0.15) is 16.1 Å². The summed E-state index contributed by atoms with van der Waals surface area (Å²) in [6.45, 7) is 2.04. The molecule has 5 nitrogen and oxygen atoms in total. The average Bonchev–Trinajstić information content (AvgIpc) is 2.71. The van der Waals surface area contributed by atoms with Crippen LogP contribution in [0.4, 0.5) is 0 Å². The van der Waals surface area contributed by atoms with Gasteiger partial charge in [0.2, 0.25) is 5.78 Å². The van der Waals surface area contributed by atoms with Crippen molar-refractivity contribution in [2.45, 2.75) is 13.5 Å². The number of pyridine rings is 1. The van der Waals surface area contributed by atoms with Crippen LogP contribution in [0.2, 0.25) is 0 Å². The van der Waals surface area contributed by atoms with E-state index in [2.05, 4.69) is 9.97 Å². The van der Waals surface area contributed by atoms with Crippen molar-refractivity contribution >= 4 is 16.7 Å². The second kappa shape index (κ2) is 6.96. The van der Waals surface area contributed by atoms with Crippen molar-refractivity contribution in [1.29, 1.82) is 0 Å². The number of aromatic nitrogens is 3. The maximum absolute atomic E-state index is 13.0. The molecular weight excluding hydrogens is 338 g/mol. The summed E-state index contributed by atoms with van der Waals surface area (Å²) in [6, 6.07) is 15.1. The highest BCUT2D eigenvalue weighted by Gasteiger charge is 2.14. The maximum atomic E-state index is 13.0. The van der Waals surface area contributed by atoms with Gasteiger partial charge in [0.05, 0.1) is 18.3 Å². The first-order valence-electron chi connectivity index (χ1n) is 8.62. The minimum atomic E-state index is -0.159. The summed E-state index contributed by atoms with van der Waals surface area (Å²) in [7, 11) is 0. The first-order valence-corrected chi connectivity index (χ1v) is 8.62. The molecule has 0 aliphatic carbocycles. The third-order valence-electron chi connectivity index (χ3n) is 4.48. The number of nitrogens with zero attached hydrogens (tertiary/aromatic N) is 3. The highest BCUT2D eigenvalue weighted by molar-refractivity contribution is 5.95. The minimum Gasteiger partial charge on any atom is -0.339 e. The largest absolute Gasteiger partial charge is 0.339 e. The van der Waals surface area contributed by atoms with Gasteiger partial charge < -0.3 is 4.57 Å². The summed E-state index contributed by atoms with van der Waals surface area (Å²) in [4.78, 5) is 33.7. The Balaban J connectivity index is 1.90. The molecule has 132 valence electrons. The molecule has 0 aliphatic heterocycles. The van der Waals surface area contributed by atoms with Gasteiger partial charge >= 0.3 is 0 Å². The number of benzene rings is 2. The van der Waals surface area contributed by atoms with Gasteiger partial charge in [-0.15, -0.1) is 0 Å². The van der Waals surface area contributed by atoms with Crippen LogP contribution in [0.3, 0.4) is 0 Å². The van der Waals surface area contributed by atoms with Crippen LogP contribution in [-0.2, 0) is 6.54 Å². The van der Waals surface area contributed by atoms with Crippen molar-refractivity contribution in [3.8, 4) is 11.1 Å². The van der Waals surface area contributed by atoms with Crippen LogP contribution in [-0.4, -0.2) is 20.3 Å². The maximum Gasteiger partial charge on any atom is 0.202 e.